The number of carbonyl (C=O) groups is 1. The minimum Gasteiger partial charge on any atom is -0.502 e. The lowest BCUT2D eigenvalue weighted by atomic mass is 9.97. The van der Waals surface area contributed by atoms with Crippen LogP contribution in [0.4, 0.5) is 4.79 Å². The Hall–Kier alpha value is -1.91. The van der Waals surface area contributed by atoms with E-state index in [9.17, 15) is 9.90 Å². The predicted octanol–water partition coefficient (Wildman–Crippen LogP) is 4.14. The number of rotatable bonds is 8. The lowest BCUT2D eigenvalue weighted by molar-refractivity contribution is 0.142. The Morgan fingerprint density at radius 1 is 1.14 bits per heavy atom. The molecule has 0 fully saturated rings. The highest BCUT2D eigenvalue weighted by Gasteiger charge is 2.20. The van der Waals surface area contributed by atoms with Crippen LogP contribution in [0.25, 0.3) is 0 Å². The zero-order chi connectivity index (χ0) is 15.8. The Bertz CT molecular complexity index is 482. The summed E-state index contributed by atoms with van der Waals surface area (Å²) in [6.07, 6.45) is 2.75. The monoisotopic (exact) mass is 296 g/mol. The molecular formula is C16H24O5. The largest absolute Gasteiger partial charge is 0.511 e. The fraction of sp³-hybridized carbons (Fsp3) is 0.562. The minimum absolute atomic E-state index is 0.0584. The number of hydrogen-bond acceptors (Lipinski definition) is 4. The van der Waals surface area contributed by atoms with Crippen molar-refractivity contribution in [1.29, 1.82) is 0 Å². The van der Waals surface area contributed by atoms with Crippen molar-refractivity contribution in [2.24, 2.45) is 0 Å². The van der Waals surface area contributed by atoms with Crippen molar-refractivity contribution in [2.45, 2.75) is 52.9 Å². The number of aromatic hydroxyl groups is 1. The Morgan fingerprint density at radius 2 is 1.81 bits per heavy atom. The summed E-state index contributed by atoms with van der Waals surface area (Å²) in [5.41, 5.74) is 1.92. The van der Waals surface area contributed by atoms with Crippen LogP contribution in [-0.4, -0.2) is 23.0 Å². The van der Waals surface area contributed by atoms with Gasteiger partial charge in [-0.25, -0.2) is 4.79 Å². The van der Waals surface area contributed by atoms with E-state index in [1.165, 1.54) is 0 Å². The van der Waals surface area contributed by atoms with Crippen molar-refractivity contribution in [3.8, 4) is 17.2 Å². The summed E-state index contributed by atoms with van der Waals surface area (Å²) in [4.78, 5) is 10.8. The molecule has 5 nitrogen and oxygen atoms in total. The van der Waals surface area contributed by atoms with Crippen molar-refractivity contribution in [1.82, 2.24) is 0 Å². The molecule has 0 saturated carbocycles. The topological polar surface area (TPSA) is 76.0 Å². The van der Waals surface area contributed by atoms with E-state index in [-0.39, 0.29) is 11.5 Å². The van der Waals surface area contributed by atoms with Crippen LogP contribution in [-0.2, 0) is 12.8 Å². The van der Waals surface area contributed by atoms with Crippen LogP contribution in [0.3, 0.4) is 0 Å². The summed E-state index contributed by atoms with van der Waals surface area (Å²) in [5, 5.41) is 19.0. The average Bonchev–Trinajstić information content (AvgIpc) is 2.43. The second kappa shape index (κ2) is 8.39. The van der Waals surface area contributed by atoms with Crippen LogP contribution in [0.2, 0.25) is 0 Å². The van der Waals surface area contributed by atoms with Crippen molar-refractivity contribution in [3.05, 3.63) is 17.2 Å². The van der Waals surface area contributed by atoms with Gasteiger partial charge < -0.3 is 19.7 Å². The number of phenolic OH excluding ortho intramolecular Hbond substituents is 1. The SMILES string of the molecule is CCCOc1c(O)c(OC(=O)O)cc(CCC)c1CCC. The average molecular weight is 296 g/mol. The molecule has 0 aliphatic rings. The van der Waals surface area contributed by atoms with Gasteiger partial charge in [-0.3, -0.25) is 0 Å². The Labute approximate surface area is 125 Å². The number of aryl methyl sites for hydroxylation is 1. The first-order chi connectivity index (χ1) is 10.0. The van der Waals surface area contributed by atoms with Crippen molar-refractivity contribution < 1.29 is 24.5 Å². The highest BCUT2D eigenvalue weighted by atomic mass is 16.7. The maximum absolute atomic E-state index is 10.8. The van der Waals surface area contributed by atoms with E-state index in [1.807, 2.05) is 13.8 Å². The van der Waals surface area contributed by atoms with E-state index in [0.717, 1.165) is 43.2 Å². The summed E-state index contributed by atoms with van der Waals surface area (Å²) >= 11 is 0. The first kappa shape index (κ1) is 17.1. The van der Waals surface area contributed by atoms with Gasteiger partial charge >= 0.3 is 6.16 Å². The molecule has 2 N–H and O–H groups in total. The maximum atomic E-state index is 10.8. The molecule has 0 spiro atoms. The van der Waals surface area contributed by atoms with E-state index in [0.29, 0.717) is 12.4 Å². The molecule has 1 rings (SSSR count). The molecule has 0 bridgehead atoms. The van der Waals surface area contributed by atoms with E-state index in [2.05, 4.69) is 11.7 Å². The van der Waals surface area contributed by atoms with Crippen molar-refractivity contribution >= 4 is 6.16 Å². The maximum Gasteiger partial charge on any atom is 0.511 e. The Morgan fingerprint density at radius 3 is 2.33 bits per heavy atom. The lowest BCUT2D eigenvalue weighted by Gasteiger charge is -2.18. The van der Waals surface area contributed by atoms with Gasteiger partial charge in [-0.05, 0) is 30.9 Å². The summed E-state index contributed by atoms with van der Waals surface area (Å²) in [6, 6.07) is 1.61. The summed E-state index contributed by atoms with van der Waals surface area (Å²) in [7, 11) is 0. The van der Waals surface area contributed by atoms with Crippen LogP contribution in [0.5, 0.6) is 17.2 Å². The van der Waals surface area contributed by atoms with Gasteiger partial charge in [-0.15, -0.1) is 0 Å². The van der Waals surface area contributed by atoms with Gasteiger partial charge in [0.1, 0.15) is 0 Å². The third kappa shape index (κ3) is 4.55. The predicted molar refractivity (Wildman–Crippen MR) is 80.5 cm³/mol. The molecule has 0 aromatic heterocycles. The summed E-state index contributed by atoms with van der Waals surface area (Å²) in [5.74, 6) is 0.0759. The number of benzene rings is 1. The molecule has 1 aromatic carbocycles. The zero-order valence-electron chi connectivity index (χ0n) is 12.9. The molecule has 1 aromatic rings. The molecule has 21 heavy (non-hydrogen) atoms. The van der Waals surface area contributed by atoms with Crippen molar-refractivity contribution in [2.75, 3.05) is 6.61 Å². The molecule has 0 aliphatic heterocycles. The van der Waals surface area contributed by atoms with E-state index >= 15 is 0 Å². The molecule has 0 heterocycles. The fourth-order valence-electron chi connectivity index (χ4n) is 2.26. The van der Waals surface area contributed by atoms with Gasteiger partial charge in [-0.2, -0.15) is 0 Å². The number of phenols is 1. The molecular weight excluding hydrogens is 272 g/mol. The van der Waals surface area contributed by atoms with E-state index < -0.39 is 6.16 Å². The van der Waals surface area contributed by atoms with E-state index in [4.69, 9.17) is 9.84 Å². The minimum atomic E-state index is -1.45. The van der Waals surface area contributed by atoms with Crippen LogP contribution in [0, 0.1) is 0 Å². The molecule has 0 saturated heterocycles. The highest BCUT2D eigenvalue weighted by Crippen LogP contribution is 2.42. The Balaban J connectivity index is 3.36. The van der Waals surface area contributed by atoms with Gasteiger partial charge in [0.05, 0.1) is 6.61 Å². The van der Waals surface area contributed by atoms with Crippen LogP contribution >= 0.6 is 0 Å². The number of hydrogen-bond donors (Lipinski definition) is 2. The van der Waals surface area contributed by atoms with Gasteiger partial charge in [0.25, 0.3) is 0 Å². The molecule has 0 aliphatic carbocycles. The normalized spacial score (nSPS) is 10.4. The van der Waals surface area contributed by atoms with Crippen LogP contribution in [0.1, 0.15) is 51.2 Å². The van der Waals surface area contributed by atoms with E-state index in [1.54, 1.807) is 6.07 Å². The third-order valence-corrected chi connectivity index (χ3v) is 3.08. The first-order valence-electron chi connectivity index (χ1n) is 7.46. The Kier molecular flexibility index (Phi) is 6.85. The zero-order valence-corrected chi connectivity index (χ0v) is 12.9. The number of ether oxygens (including phenoxy) is 2. The molecule has 5 heteroatoms. The lowest BCUT2D eigenvalue weighted by Crippen LogP contribution is -2.08. The molecule has 0 radical (unpaired) electrons. The quantitative estimate of drug-likeness (QED) is 0.557. The standard InChI is InChI=1S/C16H24O5/c1-4-7-11-10-13(21-16(18)19)14(17)15(20-9-6-3)12(11)8-5-2/h10,17H,4-9H2,1-3H3,(H,18,19). The second-order valence-electron chi connectivity index (χ2n) is 4.91. The molecule has 0 unspecified atom stereocenters. The second-order valence-corrected chi connectivity index (χ2v) is 4.91. The molecule has 118 valence electrons. The highest BCUT2D eigenvalue weighted by molar-refractivity contribution is 5.66. The smallest absolute Gasteiger partial charge is 0.502 e. The van der Waals surface area contributed by atoms with Gasteiger partial charge in [0.15, 0.2) is 11.5 Å². The first-order valence-corrected chi connectivity index (χ1v) is 7.46. The third-order valence-electron chi connectivity index (χ3n) is 3.08. The summed E-state index contributed by atoms with van der Waals surface area (Å²) in [6.45, 7) is 6.54. The number of carboxylic acid groups (broad SMARTS) is 1. The van der Waals surface area contributed by atoms with Crippen LogP contribution < -0.4 is 9.47 Å². The fourth-order valence-corrected chi connectivity index (χ4v) is 2.26. The van der Waals surface area contributed by atoms with Gasteiger partial charge in [0.2, 0.25) is 5.75 Å². The van der Waals surface area contributed by atoms with Gasteiger partial charge in [0, 0.05) is 5.56 Å². The summed E-state index contributed by atoms with van der Waals surface area (Å²) < 4.78 is 10.3. The van der Waals surface area contributed by atoms with Crippen molar-refractivity contribution in [3.63, 3.8) is 0 Å². The molecule has 0 atom stereocenters. The van der Waals surface area contributed by atoms with Crippen LogP contribution in [0.15, 0.2) is 6.07 Å². The molecule has 0 amide bonds. The van der Waals surface area contributed by atoms with Gasteiger partial charge in [-0.1, -0.05) is 33.6 Å².